The molecule has 8 nitrogen and oxygen atoms in total. The fourth-order valence-corrected chi connectivity index (χ4v) is 4.17. The smallest absolute Gasteiger partial charge is 0.274 e. The van der Waals surface area contributed by atoms with Gasteiger partial charge in [-0.05, 0) is 12.8 Å². The lowest BCUT2D eigenvalue weighted by atomic mass is 9.97. The standard InChI is InChI=1S/C21H20F3N3O5/c1-26-16-9-32-4-2-3-15(16)27-8-12(18(28)19(29)17(27)21(26)31)20(30)25-7-11-13(23)5-10(22)6-14(11)24/h5-6,8,15-16,29H,2-4,7,9H2,1H3,(H,25,30)/t15-,16-/m1/s1. The maximum Gasteiger partial charge on any atom is 0.274 e. The summed E-state index contributed by atoms with van der Waals surface area (Å²) in [5, 5.41) is 12.7. The molecule has 11 heteroatoms. The van der Waals surface area contributed by atoms with E-state index in [0.717, 1.165) is 0 Å². The Labute approximate surface area is 180 Å². The van der Waals surface area contributed by atoms with Gasteiger partial charge in [0.1, 0.15) is 23.0 Å². The van der Waals surface area contributed by atoms with Crippen LogP contribution in [0.2, 0.25) is 0 Å². The van der Waals surface area contributed by atoms with E-state index in [1.54, 1.807) is 7.05 Å². The molecule has 2 amide bonds. The summed E-state index contributed by atoms with van der Waals surface area (Å²) in [4.78, 5) is 39.5. The monoisotopic (exact) mass is 451 g/mol. The number of fused-ring (bicyclic) bond motifs is 3. The average Bonchev–Trinajstić information content (AvgIpc) is 2.99. The highest BCUT2D eigenvalue weighted by atomic mass is 19.1. The number of aromatic nitrogens is 1. The van der Waals surface area contributed by atoms with E-state index in [9.17, 15) is 32.7 Å². The predicted octanol–water partition coefficient (Wildman–Crippen LogP) is 1.71. The van der Waals surface area contributed by atoms with Crippen LogP contribution in [-0.2, 0) is 11.3 Å². The molecule has 2 aliphatic rings. The Hall–Kier alpha value is -3.34. The van der Waals surface area contributed by atoms with Crippen LogP contribution in [0.25, 0.3) is 0 Å². The van der Waals surface area contributed by atoms with Gasteiger partial charge in [-0.25, -0.2) is 13.2 Å². The highest BCUT2D eigenvalue weighted by molar-refractivity contribution is 5.99. The van der Waals surface area contributed by atoms with Crippen LogP contribution in [0.4, 0.5) is 13.2 Å². The van der Waals surface area contributed by atoms with Gasteiger partial charge in [0.05, 0.1) is 18.7 Å². The molecule has 0 radical (unpaired) electrons. The van der Waals surface area contributed by atoms with Crippen LogP contribution in [0.15, 0.2) is 23.1 Å². The molecule has 2 aliphatic heterocycles. The van der Waals surface area contributed by atoms with Crippen molar-refractivity contribution >= 4 is 11.8 Å². The lowest BCUT2D eigenvalue weighted by Gasteiger charge is -2.40. The van der Waals surface area contributed by atoms with Crippen LogP contribution >= 0.6 is 0 Å². The Bertz CT molecular complexity index is 1140. The summed E-state index contributed by atoms with van der Waals surface area (Å²) in [5.74, 6) is -5.96. The molecule has 32 heavy (non-hydrogen) atoms. The van der Waals surface area contributed by atoms with Crippen LogP contribution in [0.5, 0.6) is 5.75 Å². The van der Waals surface area contributed by atoms with Gasteiger partial charge in [-0.3, -0.25) is 14.4 Å². The Morgan fingerprint density at radius 1 is 1.22 bits per heavy atom. The highest BCUT2D eigenvalue weighted by Crippen LogP contribution is 2.34. The van der Waals surface area contributed by atoms with E-state index >= 15 is 0 Å². The zero-order chi connectivity index (χ0) is 23.2. The molecule has 2 aromatic rings. The molecule has 0 aliphatic carbocycles. The van der Waals surface area contributed by atoms with E-state index in [4.69, 9.17) is 4.74 Å². The van der Waals surface area contributed by atoms with Crippen LogP contribution in [0.3, 0.4) is 0 Å². The number of aromatic hydroxyl groups is 1. The fraction of sp³-hybridized carbons (Fsp3) is 0.381. The SMILES string of the molecule is CN1C(=O)c2c(O)c(=O)c(C(=O)NCc3c(F)cc(F)cc3F)cn2[C@@H]2CCCOC[C@H]21. The van der Waals surface area contributed by atoms with Crippen molar-refractivity contribution < 1.29 is 32.6 Å². The molecule has 1 aromatic carbocycles. The zero-order valence-corrected chi connectivity index (χ0v) is 17.0. The van der Waals surface area contributed by atoms with Gasteiger partial charge in [0.2, 0.25) is 5.43 Å². The molecule has 4 rings (SSSR count). The Kier molecular flexibility index (Phi) is 5.68. The first-order chi connectivity index (χ1) is 15.2. The number of carbonyl (C=O) groups is 2. The number of ether oxygens (including phenoxy) is 1. The maximum atomic E-state index is 13.8. The number of carbonyl (C=O) groups excluding carboxylic acids is 2. The minimum atomic E-state index is -1.19. The average molecular weight is 451 g/mol. The number of likely N-dealkylation sites (N-methyl/N-ethyl adjacent to an activating group) is 1. The number of pyridine rings is 1. The largest absolute Gasteiger partial charge is 0.503 e. The highest BCUT2D eigenvalue weighted by Gasteiger charge is 2.41. The molecule has 3 heterocycles. The number of halogens is 3. The minimum absolute atomic E-state index is 0.229. The van der Waals surface area contributed by atoms with Crippen LogP contribution in [0, 0.1) is 17.5 Å². The normalized spacial score (nSPS) is 20.4. The molecule has 2 N–H and O–H groups in total. The molecule has 1 fully saturated rings. The van der Waals surface area contributed by atoms with E-state index < -0.39 is 58.1 Å². The zero-order valence-electron chi connectivity index (χ0n) is 17.0. The maximum absolute atomic E-state index is 13.8. The molecule has 1 aromatic heterocycles. The third-order valence-corrected chi connectivity index (χ3v) is 5.89. The topological polar surface area (TPSA) is 101 Å². The van der Waals surface area contributed by atoms with E-state index in [0.29, 0.717) is 31.6 Å². The van der Waals surface area contributed by atoms with Crippen molar-refractivity contribution in [3.63, 3.8) is 0 Å². The van der Waals surface area contributed by atoms with Crippen molar-refractivity contribution in [1.29, 1.82) is 0 Å². The second-order valence-electron chi connectivity index (χ2n) is 7.77. The number of amides is 2. The first kappa shape index (κ1) is 21.9. The predicted molar refractivity (Wildman–Crippen MR) is 105 cm³/mol. The number of hydrogen-bond acceptors (Lipinski definition) is 5. The van der Waals surface area contributed by atoms with Gasteiger partial charge < -0.3 is 24.6 Å². The summed E-state index contributed by atoms with van der Waals surface area (Å²) >= 11 is 0. The number of rotatable bonds is 3. The molecule has 0 unspecified atom stereocenters. The van der Waals surface area contributed by atoms with Gasteiger partial charge in [-0.15, -0.1) is 0 Å². The van der Waals surface area contributed by atoms with Crippen molar-refractivity contribution in [2.45, 2.75) is 31.5 Å². The van der Waals surface area contributed by atoms with E-state index in [1.165, 1.54) is 15.7 Å². The second kappa shape index (κ2) is 8.30. The van der Waals surface area contributed by atoms with Gasteiger partial charge in [-0.1, -0.05) is 0 Å². The van der Waals surface area contributed by atoms with Gasteiger partial charge in [0.25, 0.3) is 11.8 Å². The van der Waals surface area contributed by atoms with Crippen molar-refractivity contribution in [2.75, 3.05) is 20.3 Å². The van der Waals surface area contributed by atoms with Crippen LogP contribution in [0.1, 0.15) is 45.3 Å². The molecular weight excluding hydrogens is 431 g/mol. The third-order valence-electron chi connectivity index (χ3n) is 5.89. The summed E-state index contributed by atoms with van der Waals surface area (Å²) in [7, 11) is 1.55. The molecule has 0 bridgehead atoms. The van der Waals surface area contributed by atoms with Gasteiger partial charge in [-0.2, -0.15) is 0 Å². The Morgan fingerprint density at radius 2 is 1.91 bits per heavy atom. The molecule has 1 saturated heterocycles. The Morgan fingerprint density at radius 3 is 2.59 bits per heavy atom. The Balaban J connectivity index is 1.70. The fourth-order valence-electron chi connectivity index (χ4n) is 4.17. The first-order valence-electron chi connectivity index (χ1n) is 9.95. The quantitative estimate of drug-likeness (QED) is 0.740. The molecular formula is C21H20F3N3O5. The van der Waals surface area contributed by atoms with E-state index in [2.05, 4.69) is 5.32 Å². The minimum Gasteiger partial charge on any atom is -0.503 e. The molecule has 0 saturated carbocycles. The van der Waals surface area contributed by atoms with Crippen LogP contribution in [-0.4, -0.2) is 52.7 Å². The number of nitrogens with zero attached hydrogens (tertiary/aromatic N) is 2. The summed E-state index contributed by atoms with van der Waals surface area (Å²) in [6.45, 7) is 0.0862. The summed E-state index contributed by atoms with van der Waals surface area (Å²) in [6, 6.07) is 0.235. The molecule has 0 spiro atoms. The van der Waals surface area contributed by atoms with Crippen molar-refractivity contribution in [1.82, 2.24) is 14.8 Å². The van der Waals surface area contributed by atoms with Gasteiger partial charge in [0, 0.05) is 44.1 Å². The summed E-state index contributed by atoms with van der Waals surface area (Å²) in [5.41, 5.74) is -2.39. The number of hydrogen-bond donors (Lipinski definition) is 2. The van der Waals surface area contributed by atoms with E-state index in [-0.39, 0.29) is 24.4 Å². The van der Waals surface area contributed by atoms with Gasteiger partial charge in [0.15, 0.2) is 11.4 Å². The summed E-state index contributed by atoms with van der Waals surface area (Å²) < 4.78 is 47.7. The molecule has 170 valence electrons. The first-order valence-corrected chi connectivity index (χ1v) is 9.95. The van der Waals surface area contributed by atoms with Crippen molar-refractivity contribution in [3.8, 4) is 5.75 Å². The van der Waals surface area contributed by atoms with Crippen molar-refractivity contribution in [3.05, 3.63) is 62.8 Å². The second-order valence-corrected chi connectivity index (χ2v) is 7.77. The third kappa shape index (κ3) is 3.62. The van der Waals surface area contributed by atoms with Crippen LogP contribution < -0.4 is 10.7 Å². The van der Waals surface area contributed by atoms with Gasteiger partial charge >= 0.3 is 0 Å². The summed E-state index contributed by atoms with van der Waals surface area (Å²) in [6.07, 6.45) is 2.42. The van der Waals surface area contributed by atoms with E-state index in [1.807, 2.05) is 0 Å². The van der Waals surface area contributed by atoms with Crippen molar-refractivity contribution in [2.24, 2.45) is 0 Å². The number of nitrogens with one attached hydrogen (secondary N) is 1. The number of benzene rings is 1. The lowest BCUT2D eigenvalue weighted by Crippen LogP contribution is -2.51. The molecule has 2 atom stereocenters. The lowest BCUT2D eigenvalue weighted by molar-refractivity contribution is 0.0382.